The Kier molecular flexibility index (Phi) is 8.01. The standard InChI is InChI=1S/C20H33N5O2/c1-27-20(26)19-6-2-5-18(22-19)17-25-11-4-10-23-12-8-21-7-3-9-24(14-13-23)15-16-25/h2,5-6,21H,3-4,7-17H2,1H3. The van der Waals surface area contributed by atoms with Crippen molar-refractivity contribution in [2.75, 3.05) is 72.6 Å². The molecule has 2 fully saturated rings. The molecule has 0 aliphatic carbocycles. The molecule has 0 saturated carbocycles. The van der Waals surface area contributed by atoms with Crippen LogP contribution in [0.1, 0.15) is 29.0 Å². The monoisotopic (exact) mass is 375 g/mol. The van der Waals surface area contributed by atoms with Crippen LogP contribution in [0.15, 0.2) is 18.2 Å². The van der Waals surface area contributed by atoms with Gasteiger partial charge >= 0.3 is 5.97 Å². The van der Waals surface area contributed by atoms with E-state index >= 15 is 0 Å². The molecule has 3 heterocycles. The maximum Gasteiger partial charge on any atom is 0.356 e. The molecule has 3 rings (SSSR count). The number of methoxy groups -OCH3 is 1. The summed E-state index contributed by atoms with van der Waals surface area (Å²) in [5.41, 5.74) is 1.32. The van der Waals surface area contributed by atoms with Gasteiger partial charge in [-0.25, -0.2) is 9.78 Å². The molecule has 2 bridgehead atoms. The summed E-state index contributed by atoms with van der Waals surface area (Å²) in [6.07, 6.45) is 2.37. The minimum atomic E-state index is -0.373. The van der Waals surface area contributed by atoms with Crippen molar-refractivity contribution >= 4 is 5.97 Å². The second-order valence-electron chi connectivity index (χ2n) is 7.42. The van der Waals surface area contributed by atoms with Gasteiger partial charge in [-0.2, -0.15) is 0 Å². The third-order valence-corrected chi connectivity index (χ3v) is 5.43. The second-order valence-corrected chi connectivity index (χ2v) is 7.42. The Bertz CT molecular complexity index is 597. The molecule has 0 radical (unpaired) electrons. The number of nitrogens with zero attached hydrogens (tertiary/aromatic N) is 4. The number of hydrogen-bond acceptors (Lipinski definition) is 7. The van der Waals surface area contributed by atoms with Gasteiger partial charge in [-0.3, -0.25) is 4.90 Å². The lowest BCUT2D eigenvalue weighted by atomic mass is 10.2. The number of hydrogen-bond donors (Lipinski definition) is 1. The molecule has 0 spiro atoms. The fourth-order valence-electron chi connectivity index (χ4n) is 3.83. The van der Waals surface area contributed by atoms with Crippen molar-refractivity contribution in [2.24, 2.45) is 0 Å². The molecule has 2 aliphatic heterocycles. The van der Waals surface area contributed by atoms with Gasteiger partial charge in [0, 0.05) is 45.8 Å². The summed E-state index contributed by atoms with van der Waals surface area (Å²) in [5.74, 6) is -0.373. The van der Waals surface area contributed by atoms with Crippen molar-refractivity contribution in [3.8, 4) is 0 Å². The van der Waals surface area contributed by atoms with Crippen LogP contribution in [0.25, 0.3) is 0 Å². The van der Waals surface area contributed by atoms with Gasteiger partial charge in [-0.15, -0.1) is 0 Å². The molecule has 1 aromatic rings. The van der Waals surface area contributed by atoms with Crippen LogP contribution in [0.2, 0.25) is 0 Å². The summed E-state index contributed by atoms with van der Waals surface area (Å²) in [5, 5.41) is 3.56. The molecule has 27 heavy (non-hydrogen) atoms. The van der Waals surface area contributed by atoms with E-state index in [0.29, 0.717) is 5.69 Å². The first-order valence-corrected chi connectivity index (χ1v) is 10.2. The molecule has 0 aromatic carbocycles. The minimum absolute atomic E-state index is 0.373. The predicted octanol–water partition coefficient (Wildman–Crippen LogP) is 0.671. The lowest BCUT2D eigenvalue weighted by Gasteiger charge is -2.33. The number of carbonyl (C=O) groups excluding carboxylic acids is 1. The molecule has 7 heteroatoms. The Balaban J connectivity index is 1.64. The molecule has 1 aromatic heterocycles. The Hall–Kier alpha value is -1.54. The summed E-state index contributed by atoms with van der Waals surface area (Å²) < 4.78 is 4.80. The van der Waals surface area contributed by atoms with Gasteiger partial charge < -0.3 is 19.9 Å². The quantitative estimate of drug-likeness (QED) is 0.779. The Morgan fingerprint density at radius 3 is 2.63 bits per heavy atom. The summed E-state index contributed by atoms with van der Waals surface area (Å²) >= 11 is 0. The normalized spacial score (nSPS) is 25.7. The Morgan fingerprint density at radius 2 is 1.78 bits per heavy atom. The molecule has 2 saturated heterocycles. The highest BCUT2D eigenvalue weighted by atomic mass is 16.5. The summed E-state index contributed by atoms with van der Waals surface area (Å²) in [7, 11) is 1.40. The maximum atomic E-state index is 11.7. The second kappa shape index (κ2) is 10.7. The number of esters is 1. The molecule has 2 aliphatic rings. The van der Waals surface area contributed by atoms with Crippen LogP contribution < -0.4 is 5.32 Å². The number of fused-ring (bicyclic) bond motifs is 3. The first-order valence-electron chi connectivity index (χ1n) is 10.2. The van der Waals surface area contributed by atoms with Crippen LogP contribution in [0, 0.1) is 0 Å². The van der Waals surface area contributed by atoms with Crippen LogP contribution in [0.4, 0.5) is 0 Å². The van der Waals surface area contributed by atoms with Crippen molar-refractivity contribution in [3.05, 3.63) is 29.6 Å². The van der Waals surface area contributed by atoms with Crippen molar-refractivity contribution in [2.45, 2.75) is 19.4 Å². The zero-order valence-corrected chi connectivity index (χ0v) is 16.5. The molecule has 2 atom stereocenters. The van der Waals surface area contributed by atoms with Gasteiger partial charge in [0.1, 0.15) is 5.69 Å². The van der Waals surface area contributed by atoms with Crippen molar-refractivity contribution in [1.29, 1.82) is 0 Å². The highest BCUT2D eigenvalue weighted by molar-refractivity contribution is 5.87. The lowest BCUT2D eigenvalue weighted by Crippen LogP contribution is -2.46. The van der Waals surface area contributed by atoms with Crippen molar-refractivity contribution in [1.82, 2.24) is 25.0 Å². The first-order chi connectivity index (χ1) is 13.2. The largest absolute Gasteiger partial charge is 0.464 e. The zero-order chi connectivity index (χ0) is 18.9. The van der Waals surface area contributed by atoms with E-state index in [1.54, 1.807) is 6.07 Å². The fourth-order valence-corrected chi connectivity index (χ4v) is 3.83. The van der Waals surface area contributed by atoms with E-state index in [9.17, 15) is 4.79 Å². The van der Waals surface area contributed by atoms with E-state index in [-0.39, 0.29) is 5.97 Å². The topological polar surface area (TPSA) is 60.9 Å². The number of ether oxygens (including phenoxy) is 1. The van der Waals surface area contributed by atoms with Gasteiger partial charge in [-0.1, -0.05) is 6.07 Å². The van der Waals surface area contributed by atoms with E-state index in [0.717, 1.165) is 77.6 Å². The minimum Gasteiger partial charge on any atom is -0.464 e. The maximum absolute atomic E-state index is 11.7. The van der Waals surface area contributed by atoms with Crippen molar-refractivity contribution in [3.63, 3.8) is 0 Å². The van der Waals surface area contributed by atoms with Crippen LogP contribution in [0.3, 0.4) is 0 Å². The number of aromatic nitrogens is 1. The smallest absolute Gasteiger partial charge is 0.356 e. The first kappa shape index (κ1) is 20.2. The van der Waals surface area contributed by atoms with E-state index in [1.165, 1.54) is 20.1 Å². The summed E-state index contributed by atoms with van der Waals surface area (Å²) in [6.45, 7) is 11.9. The number of carbonyl (C=O) groups is 1. The highest BCUT2D eigenvalue weighted by Crippen LogP contribution is 2.09. The van der Waals surface area contributed by atoms with Gasteiger partial charge in [-0.05, 0) is 51.2 Å². The van der Waals surface area contributed by atoms with Crippen LogP contribution in [-0.2, 0) is 11.3 Å². The van der Waals surface area contributed by atoms with E-state index in [1.807, 2.05) is 12.1 Å². The van der Waals surface area contributed by atoms with Gasteiger partial charge in [0.15, 0.2) is 0 Å². The number of pyridine rings is 1. The lowest BCUT2D eigenvalue weighted by molar-refractivity contribution is 0.0593. The molecule has 2 unspecified atom stereocenters. The van der Waals surface area contributed by atoms with Crippen molar-refractivity contribution < 1.29 is 9.53 Å². The zero-order valence-electron chi connectivity index (χ0n) is 16.5. The van der Waals surface area contributed by atoms with E-state index in [4.69, 9.17) is 4.74 Å². The third-order valence-electron chi connectivity index (χ3n) is 5.43. The molecule has 7 nitrogen and oxygen atoms in total. The Labute approximate surface area is 162 Å². The third kappa shape index (κ3) is 6.53. The predicted molar refractivity (Wildman–Crippen MR) is 106 cm³/mol. The summed E-state index contributed by atoms with van der Waals surface area (Å²) in [4.78, 5) is 23.9. The van der Waals surface area contributed by atoms with Crippen LogP contribution in [0.5, 0.6) is 0 Å². The average molecular weight is 376 g/mol. The van der Waals surface area contributed by atoms with Crippen LogP contribution in [-0.4, -0.2) is 98.2 Å². The van der Waals surface area contributed by atoms with Gasteiger partial charge in [0.05, 0.1) is 12.8 Å². The molecule has 0 amide bonds. The molecule has 1 N–H and O–H groups in total. The molecular formula is C20H33N5O2. The average Bonchev–Trinajstić information content (AvgIpc) is 2.70. The molecule has 150 valence electrons. The number of rotatable bonds is 3. The van der Waals surface area contributed by atoms with Gasteiger partial charge in [0.2, 0.25) is 0 Å². The number of nitrogens with one attached hydrogen (secondary N) is 1. The fraction of sp³-hybridized carbons (Fsp3) is 0.700. The van der Waals surface area contributed by atoms with E-state index in [2.05, 4.69) is 25.0 Å². The molecular weight excluding hydrogens is 342 g/mol. The SMILES string of the molecule is COC(=O)c1cccc(CN2CCCN3CCNCCCN(CC3)CC2)n1. The highest BCUT2D eigenvalue weighted by Gasteiger charge is 2.17. The van der Waals surface area contributed by atoms with Gasteiger partial charge in [0.25, 0.3) is 0 Å². The van der Waals surface area contributed by atoms with Crippen LogP contribution >= 0.6 is 0 Å². The van der Waals surface area contributed by atoms with E-state index < -0.39 is 0 Å². The Morgan fingerprint density at radius 1 is 1.00 bits per heavy atom. The summed E-state index contributed by atoms with van der Waals surface area (Å²) in [6, 6.07) is 5.60.